The molecule has 2 fully saturated rings. The van der Waals surface area contributed by atoms with Crippen molar-refractivity contribution >= 4 is 17.8 Å². The second-order valence-electron chi connectivity index (χ2n) is 9.82. The van der Waals surface area contributed by atoms with Crippen LogP contribution >= 0.6 is 0 Å². The second kappa shape index (κ2) is 13.4. The van der Waals surface area contributed by atoms with Crippen molar-refractivity contribution in [1.82, 2.24) is 14.9 Å². The summed E-state index contributed by atoms with van der Waals surface area (Å²) in [7, 11) is 0. The minimum absolute atomic E-state index is 0.0789. The lowest BCUT2D eigenvalue weighted by molar-refractivity contribution is -0.182. The number of hydrogen-bond donors (Lipinski definition) is 1. The number of hydroxylamine groups is 2. The molecule has 2 aromatic rings. The van der Waals surface area contributed by atoms with Gasteiger partial charge in [-0.1, -0.05) is 37.3 Å². The van der Waals surface area contributed by atoms with Crippen molar-refractivity contribution < 1.29 is 29.1 Å². The van der Waals surface area contributed by atoms with Gasteiger partial charge in [0.05, 0.1) is 6.61 Å². The third kappa shape index (κ3) is 7.55. The van der Waals surface area contributed by atoms with Crippen LogP contribution in [0.1, 0.15) is 48.5 Å². The van der Waals surface area contributed by atoms with Gasteiger partial charge >= 0.3 is 6.09 Å². The van der Waals surface area contributed by atoms with E-state index in [4.69, 9.17) is 9.57 Å². The summed E-state index contributed by atoms with van der Waals surface area (Å²) in [4.78, 5) is 46.8. The summed E-state index contributed by atoms with van der Waals surface area (Å²) in [6, 6.07) is 15.8. The predicted octanol–water partition coefficient (Wildman–Crippen LogP) is 4.08. The van der Waals surface area contributed by atoms with Crippen LogP contribution in [-0.2, 0) is 16.2 Å². The Hall–Kier alpha value is -3.43. The van der Waals surface area contributed by atoms with E-state index in [0.29, 0.717) is 26.1 Å². The van der Waals surface area contributed by atoms with Crippen molar-refractivity contribution in [3.8, 4) is 5.75 Å². The van der Waals surface area contributed by atoms with Crippen molar-refractivity contribution in [3.05, 3.63) is 65.7 Å². The molecule has 2 aromatic carbocycles. The molecule has 1 N–H and O–H groups in total. The summed E-state index contributed by atoms with van der Waals surface area (Å²) in [6.07, 6.45) is 1.90. The van der Waals surface area contributed by atoms with Gasteiger partial charge in [-0.15, -0.1) is 0 Å². The van der Waals surface area contributed by atoms with Gasteiger partial charge in [0.1, 0.15) is 18.4 Å². The Morgan fingerprint density at radius 2 is 1.68 bits per heavy atom. The van der Waals surface area contributed by atoms with E-state index >= 15 is 0 Å². The third-order valence-corrected chi connectivity index (χ3v) is 7.01. The van der Waals surface area contributed by atoms with Crippen molar-refractivity contribution in [3.63, 3.8) is 0 Å². The van der Waals surface area contributed by atoms with Gasteiger partial charge in [0, 0.05) is 44.2 Å². The second-order valence-corrected chi connectivity index (χ2v) is 9.82. The van der Waals surface area contributed by atoms with E-state index in [0.717, 1.165) is 60.8 Å². The van der Waals surface area contributed by atoms with Crippen LogP contribution in [0.2, 0.25) is 0 Å². The number of nitrogens with zero attached hydrogens (tertiary/aromatic N) is 3. The Morgan fingerprint density at radius 1 is 1.00 bits per heavy atom. The monoisotopic (exact) mass is 523 g/mol. The molecule has 1 atom stereocenters. The van der Waals surface area contributed by atoms with Gasteiger partial charge < -0.3 is 14.7 Å². The number of benzene rings is 2. The fourth-order valence-corrected chi connectivity index (χ4v) is 4.62. The Balaban J connectivity index is 1.17. The zero-order valence-electron chi connectivity index (χ0n) is 22.0. The first kappa shape index (κ1) is 27.6. The molecule has 0 aromatic heterocycles. The van der Waals surface area contributed by atoms with E-state index in [1.165, 1.54) is 0 Å². The fraction of sp³-hybridized carbons (Fsp3) is 0.483. The van der Waals surface area contributed by atoms with Gasteiger partial charge in [-0.3, -0.25) is 19.3 Å². The summed E-state index contributed by atoms with van der Waals surface area (Å²) < 4.78 is 5.84. The maximum Gasteiger partial charge on any atom is 0.432 e. The average molecular weight is 524 g/mol. The smallest absolute Gasteiger partial charge is 0.432 e. The highest BCUT2D eigenvalue weighted by atomic mass is 16.7. The largest absolute Gasteiger partial charge is 0.494 e. The fourth-order valence-electron chi connectivity index (χ4n) is 4.62. The van der Waals surface area contributed by atoms with Crippen molar-refractivity contribution in [1.29, 1.82) is 0 Å². The lowest BCUT2D eigenvalue weighted by atomic mass is 10.1. The zero-order valence-corrected chi connectivity index (χ0v) is 22.0. The number of rotatable bonds is 13. The minimum Gasteiger partial charge on any atom is -0.494 e. The number of ether oxygens (including phenoxy) is 1. The molecule has 0 bridgehead atoms. The summed E-state index contributed by atoms with van der Waals surface area (Å²) >= 11 is 0. The van der Waals surface area contributed by atoms with Crippen molar-refractivity contribution in [2.45, 2.75) is 45.3 Å². The van der Waals surface area contributed by atoms with Gasteiger partial charge in [-0.05, 0) is 55.5 Å². The molecular formula is C29H37N3O6. The van der Waals surface area contributed by atoms with Crippen molar-refractivity contribution in [2.24, 2.45) is 5.92 Å². The summed E-state index contributed by atoms with van der Waals surface area (Å²) in [5.74, 6) is 0.981. The van der Waals surface area contributed by atoms with Crippen LogP contribution in [0.15, 0.2) is 54.6 Å². The molecule has 9 heteroatoms. The molecule has 0 spiro atoms. The summed E-state index contributed by atoms with van der Waals surface area (Å²) in [6.45, 7) is 5.81. The minimum atomic E-state index is -1.27. The van der Waals surface area contributed by atoms with Crippen LogP contribution in [0.25, 0.3) is 0 Å². The lowest BCUT2D eigenvalue weighted by Gasteiger charge is -2.37. The van der Waals surface area contributed by atoms with E-state index in [1.807, 2.05) is 54.6 Å². The summed E-state index contributed by atoms with van der Waals surface area (Å²) in [5.41, 5.74) is 1.59. The van der Waals surface area contributed by atoms with Crippen LogP contribution in [0.5, 0.6) is 5.75 Å². The number of carbonyl (C=O) groups excluding carboxylic acids is 2. The Bertz CT molecular complexity index is 1070. The first-order chi connectivity index (χ1) is 18.5. The number of Topliss-reactive ketones (excluding diaryl/α,β-unsaturated/α-hetero) is 1. The van der Waals surface area contributed by atoms with E-state index in [2.05, 4.69) is 4.90 Å². The van der Waals surface area contributed by atoms with E-state index in [9.17, 15) is 19.5 Å². The molecule has 0 radical (unpaired) electrons. The number of piperazine rings is 1. The van der Waals surface area contributed by atoms with Gasteiger partial charge in [0.25, 0.3) is 0 Å². The molecule has 38 heavy (non-hydrogen) atoms. The zero-order chi connectivity index (χ0) is 26.9. The molecule has 2 aliphatic rings. The number of carbonyl (C=O) groups is 3. The van der Waals surface area contributed by atoms with Gasteiger partial charge in [-0.25, -0.2) is 4.79 Å². The van der Waals surface area contributed by atoms with Crippen LogP contribution in [0.3, 0.4) is 0 Å². The van der Waals surface area contributed by atoms with Crippen LogP contribution in [0.4, 0.5) is 4.79 Å². The summed E-state index contributed by atoms with van der Waals surface area (Å²) in [5, 5.41) is 10.5. The maximum atomic E-state index is 13.2. The molecule has 1 aliphatic carbocycles. The molecule has 9 nitrogen and oxygen atoms in total. The highest BCUT2D eigenvalue weighted by Gasteiger charge is 2.34. The SMILES string of the molecule is CCC(C(=O)N1CCN(CCCOc2ccc(C(=O)C3CC3)cc2)CC1)N(OCc1ccccc1)C(=O)O. The molecule has 204 valence electrons. The van der Waals surface area contributed by atoms with Crippen LogP contribution < -0.4 is 4.74 Å². The van der Waals surface area contributed by atoms with Gasteiger partial charge in [0.15, 0.2) is 5.78 Å². The third-order valence-electron chi connectivity index (χ3n) is 7.01. The Kier molecular flexibility index (Phi) is 9.73. The first-order valence-corrected chi connectivity index (χ1v) is 13.4. The lowest BCUT2D eigenvalue weighted by Crippen LogP contribution is -2.55. The molecule has 1 aliphatic heterocycles. The van der Waals surface area contributed by atoms with E-state index < -0.39 is 12.1 Å². The van der Waals surface area contributed by atoms with Crippen LogP contribution in [-0.4, -0.2) is 83.1 Å². The molecule has 1 saturated carbocycles. The quantitative estimate of drug-likeness (QED) is 0.240. The Morgan fingerprint density at radius 3 is 2.29 bits per heavy atom. The number of ketones is 1. The number of hydrogen-bond acceptors (Lipinski definition) is 6. The van der Waals surface area contributed by atoms with Gasteiger partial charge in [0.2, 0.25) is 5.91 Å². The highest BCUT2D eigenvalue weighted by molar-refractivity contribution is 5.99. The number of amides is 2. The molecular weight excluding hydrogens is 486 g/mol. The Labute approximate surface area is 223 Å². The van der Waals surface area contributed by atoms with E-state index in [-0.39, 0.29) is 24.2 Å². The highest BCUT2D eigenvalue weighted by Crippen LogP contribution is 2.32. The molecule has 2 amide bonds. The molecule has 1 heterocycles. The molecule has 1 unspecified atom stereocenters. The van der Waals surface area contributed by atoms with Crippen LogP contribution in [0, 0.1) is 5.92 Å². The molecule has 4 rings (SSSR count). The van der Waals surface area contributed by atoms with Gasteiger partial charge in [-0.2, -0.15) is 5.06 Å². The molecule has 1 saturated heterocycles. The first-order valence-electron chi connectivity index (χ1n) is 13.4. The van der Waals surface area contributed by atoms with Crippen molar-refractivity contribution in [2.75, 3.05) is 39.3 Å². The normalized spacial score (nSPS) is 16.6. The topological polar surface area (TPSA) is 99.6 Å². The number of carboxylic acid groups (broad SMARTS) is 1. The average Bonchev–Trinajstić information content (AvgIpc) is 3.79. The predicted molar refractivity (Wildman–Crippen MR) is 142 cm³/mol. The van der Waals surface area contributed by atoms with E-state index in [1.54, 1.807) is 11.8 Å². The standard InChI is InChI=1S/C29H37N3O6/c1-2-26(32(29(35)36)38-21-22-7-4-3-5-8-22)28(34)31-18-16-30(17-19-31)15-6-20-37-25-13-11-24(12-14-25)27(33)23-9-10-23/h3-5,7-8,11-14,23,26H,2,6,9-10,15-21H2,1H3,(H,35,36). The maximum absolute atomic E-state index is 13.2.